The Bertz CT molecular complexity index is 618. The second-order valence-corrected chi connectivity index (χ2v) is 7.06. The number of carbonyl (C=O) groups excluding carboxylic acids is 2. The highest BCUT2D eigenvalue weighted by Gasteiger charge is 2.18. The Morgan fingerprint density at radius 2 is 1.61 bits per heavy atom. The van der Waals surface area contributed by atoms with Gasteiger partial charge in [0.25, 0.3) is 5.91 Å². The highest BCUT2D eigenvalue weighted by atomic mass is 35.7. The van der Waals surface area contributed by atoms with Gasteiger partial charge in [-0.2, -0.15) is 0 Å². The van der Waals surface area contributed by atoms with E-state index in [2.05, 4.69) is 12.2 Å². The molecule has 0 aliphatic carbocycles. The van der Waals surface area contributed by atoms with Crippen molar-refractivity contribution in [3.8, 4) is 0 Å². The average Bonchev–Trinajstić information content (AvgIpc) is 2.58. The van der Waals surface area contributed by atoms with Gasteiger partial charge in [-0.3, -0.25) is 4.79 Å². The Hall–Kier alpha value is -1.75. The monoisotopic (exact) mass is 420 g/mol. The maximum absolute atomic E-state index is 12.2. The van der Waals surface area contributed by atoms with E-state index in [-0.39, 0.29) is 17.9 Å². The van der Waals surface area contributed by atoms with Gasteiger partial charge in [0.15, 0.2) is 6.04 Å². The molecule has 0 aromatic heterocycles. The summed E-state index contributed by atoms with van der Waals surface area (Å²) < 4.78 is 39.1. The van der Waals surface area contributed by atoms with Crippen LogP contribution in [0.2, 0.25) is 0 Å². The number of halogens is 1. The predicted octanol–water partition coefficient (Wildman–Crippen LogP) is -2.59. The Kier molecular flexibility index (Phi) is 11.9. The van der Waals surface area contributed by atoms with E-state index in [0.717, 1.165) is 36.2 Å². The number of ether oxygens (including phenoxy) is 1. The van der Waals surface area contributed by atoms with Gasteiger partial charge >= 0.3 is 5.97 Å². The van der Waals surface area contributed by atoms with E-state index in [0.29, 0.717) is 12.2 Å². The molecule has 0 spiro atoms. The number of benzene rings is 1. The number of nitrogens with one attached hydrogen (secondary N) is 1. The van der Waals surface area contributed by atoms with Crippen molar-refractivity contribution >= 4 is 17.6 Å². The van der Waals surface area contributed by atoms with Crippen LogP contribution in [0.15, 0.2) is 12.1 Å². The number of carbonyl (C=O) groups is 2. The molecule has 1 aromatic rings. The third-order valence-electron chi connectivity index (χ3n) is 3.68. The molecule has 28 heavy (non-hydrogen) atoms. The maximum Gasteiger partial charge on any atom is 0.338 e. The van der Waals surface area contributed by atoms with Crippen LogP contribution in [0, 0.1) is 24.1 Å². The third kappa shape index (κ3) is 11.2. The molecule has 0 bridgehead atoms. The molecule has 0 saturated carbocycles. The number of nitrogens with two attached hydrogens (primary N) is 1. The molecule has 1 aromatic carbocycles. The van der Waals surface area contributed by atoms with E-state index in [4.69, 9.17) is 23.4 Å². The van der Waals surface area contributed by atoms with E-state index >= 15 is 0 Å². The van der Waals surface area contributed by atoms with E-state index in [1.54, 1.807) is 12.1 Å². The highest BCUT2D eigenvalue weighted by Crippen LogP contribution is 2.23. The SMILES string of the molecule is CCC[NH2+]C(C)C(=O)Nc1c(C)cc(C(=O)OCCC)cc1C.[O-][Cl+3]([O-])([O-])[O-]. The van der Waals surface area contributed by atoms with Crippen LogP contribution in [-0.4, -0.2) is 31.1 Å². The Balaban J connectivity index is 0.00000129. The van der Waals surface area contributed by atoms with Gasteiger partial charge in [0, 0.05) is 5.69 Å². The first-order valence-corrected chi connectivity index (χ1v) is 10.2. The number of hydrogen-bond acceptors (Lipinski definition) is 7. The number of aryl methyl sites for hydroxylation is 2. The number of anilines is 1. The van der Waals surface area contributed by atoms with Gasteiger partial charge in [-0.1, -0.05) is 13.8 Å². The second-order valence-electron chi connectivity index (χ2n) is 6.30. The van der Waals surface area contributed by atoms with Crippen LogP contribution in [0.1, 0.15) is 55.1 Å². The molecule has 0 heterocycles. The summed E-state index contributed by atoms with van der Waals surface area (Å²) in [5.41, 5.74) is 3.03. The normalized spacial score (nSPS) is 11.9. The lowest BCUT2D eigenvalue weighted by molar-refractivity contribution is -2.00. The molecule has 0 fully saturated rings. The smallest absolute Gasteiger partial charge is 0.338 e. The van der Waals surface area contributed by atoms with E-state index in [9.17, 15) is 9.59 Å². The fraction of sp³-hybridized carbons (Fsp3) is 0.556. The summed E-state index contributed by atoms with van der Waals surface area (Å²) in [6.07, 6.45) is 1.83. The molecule has 0 saturated heterocycles. The number of quaternary nitrogens is 1. The van der Waals surface area contributed by atoms with Gasteiger partial charge in [0.1, 0.15) is 0 Å². The van der Waals surface area contributed by atoms with Crippen LogP contribution in [0.5, 0.6) is 0 Å². The van der Waals surface area contributed by atoms with Crippen molar-refractivity contribution in [2.24, 2.45) is 0 Å². The molecule has 0 aliphatic rings. The summed E-state index contributed by atoms with van der Waals surface area (Å²) in [4.78, 5) is 24.2. The van der Waals surface area contributed by atoms with Gasteiger partial charge in [-0.25, -0.2) is 23.4 Å². The lowest BCUT2D eigenvalue weighted by Crippen LogP contribution is -2.91. The number of rotatable bonds is 8. The second kappa shape index (κ2) is 12.7. The van der Waals surface area contributed by atoms with Gasteiger partial charge in [0.05, 0.1) is 18.7 Å². The quantitative estimate of drug-likeness (QED) is 0.435. The Labute approximate surface area is 167 Å². The molecular formula is C18H29ClN2O7. The van der Waals surface area contributed by atoms with Crippen LogP contribution < -0.4 is 29.3 Å². The van der Waals surface area contributed by atoms with Crippen molar-refractivity contribution in [1.82, 2.24) is 0 Å². The van der Waals surface area contributed by atoms with Gasteiger partial charge < -0.3 is 15.4 Å². The largest absolute Gasteiger partial charge is 0.462 e. The molecule has 160 valence electrons. The highest BCUT2D eigenvalue weighted by molar-refractivity contribution is 5.96. The van der Waals surface area contributed by atoms with Crippen LogP contribution in [0.25, 0.3) is 0 Å². The molecule has 3 N–H and O–H groups in total. The van der Waals surface area contributed by atoms with Crippen LogP contribution >= 0.6 is 0 Å². The van der Waals surface area contributed by atoms with Gasteiger partial charge in [0.2, 0.25) is 0 Å². The summed E-state index contributed by atoms with van der Waals surface area (Å²) in [6.45, 7) is 11.1. The topological polar surface area (TPSA) is 164 Å². The van der Waals surface area contributed by atoms with E-state index < -0.39 is 10.2 Å². The average molecular weight is 421 g/mol. The van der Waals surface area contributed by atoms with Crippen molar-refractivity contribution < 1.29 is 48.5 Å². The fourth-order valence-electron chi connectivity index (χ4n) is 2.32. The number of amides is 1. The summed E-state index contributed by atoms with van der Waals surface area (Å²) in [6, 6.07) is 3.39. The number of esters is 1. The standard InChI is InChI=1S/C18H28N2O3.ClHO4/c1-6-8-19-14(5)17(21)20-16-12(3)10-15(11-13(16)4)18(22)23-9-7-2;2-1(3,4)5/h10-11,14,19H,6-9H2,1-5H3,(H,20,21);(H,2,3,4,5). The zero-order valence-electron chi connectivity index (χ0n) is 16.9. The van der Waals surface area contributed by atoms with Crippen molar-refractivity contribution in [2.45, 2.75) is 53.5 Å². The lowest BCUT2D eigenvalue weighted by atomic mass is 10.0. The zero-order valence-corrected chi connectivity index (χ0v) is 17.6. The molecular weight excluding hydrogens is 392 g/mol. The molecule has 10 heteroatoms. The van der Waals surface area contributed by atoms with Gasteiger partial charge in [-0.05, 0) is 56.9 Å². The minimum Gasteiger partial charge on any atom is -0.462 e. The molecule has 0 aliphatic heterocycles. The summed E-state index contributed by atoms with van der Waals surface area (Å²) in [7, 11) is -4.94. The van der Waals surface area contributed by atoms with Crippen molar-refractivity contribution in [3.05, 3.63) is 28.8 Å². The molecule has 1 atom stereocenters. The van der Waals surface area contributed by atoms with Crippen molar-refractivity contribution in [2.75, 3.05) is 18.5 Å². The molecule has 1 rings (SSSR count). The molecule has 1 unspecified atom stereocenters. The van der Waals surface area contributed by atoms with Gasteiger partial charge in [-0.15, -0.1) is 10.2 Å². The molecule has 1 amide bonds. The first-order valence-electron chi connectivity index (χ1n) is 8.94. The summed E-state index contributed by atoms with van der Waals surface area (Å²) >= 11 is 0. The lowest BCUT2D eigenvalue weighted by Gasteiger charge is -2.17. The zero-order chi connectivity index (χ0) is 21.9. The minimum atomic E-state index is -4.94. The third-order valence-corrected chi connectivity index (χ3v) is 3.68. The predicted molar refractivity (Wildman–Crippen MR) is 91.7 cm³/mol. The molecule has 0 radical (unpaired) electrons. The molecule has 9 nitrogen and oxygen atoms in total. The summed E-state index contributed by atoms with van der Waals surface area (Å²) in [5, 5.41) is 5.00. The van der Waals surface area contributed by atoms with Crippen LogP contribution in [-0.2, 0) is 9.53 Å². The fourth-order valence-corrected chi connectivity index (χ4v) is 2.32. The number of hydrogen-bond donors (Lipinski definition) is 2. The maximum atomic E-state index is 12.2. The first kappa shape index (κ1) is 26.2. The van der Waals surface area contributed by atoms with Crippen LogP contribution in [0.4, 0.5) is 5.69 Å². The van der Waals surface area contributed by atoms with E-state index in [1.165, 1.54) is 0 Å². The van der Waals surface area contributed by atoms with Crippen molar-refractivity contribution in [3.63, 3.8) is 0 Å². The van der Waals surface area contributed by atoms with E-state index in [1.807, 2.05) is 33.0 Å². The Morgan fingerprint density at radius 1 is 1.11 bits per heavy atom. The first-order chi connectivity index (χ1) is 12.9. The summed E-state index contributed by atoms with van der Waals surface area (Å²) in [5.74, 6) is -0.341. The van der Waals surface area contributed by atoms with Crippen molar-refractivity contribution in [1.29, 1.82) is 0 Å². The Morgan fingerprint density at radius 3 is 2.04 bits per heavy atom. The van der Waals surface area contributed by atoms with Crippen LogP contribution in [0.3, 0.4) is 0 Å². The minimum absolute atomic E-state index is 0.0223.